The molecule has 1 atom stereocenters. The number of ether oxygens (including phenoxy) is 2. The molecule has 0 radical (unpaired) electrons. The topological polar surface area (TPSA) is 79.4 Å². The van der Waals surface area contributed by atoms with Crippen LogP contribution in [0, 0.1) is 5.92 Å². The van der Waals surface area contributed by atoms with Gasteiger partial charge >= 0.3 is 18.1 Å². The molecule has 8 nitrogen and oxygen atoms in total. The summed E-state index contributed by atoms with van der Waals surface area (Å²) in [6.07, 6.45) is 0.922. The van der Waals surface area contributed by atoms with Gasteiger partial charge in [0.1, 0.15) is 5.60 Å². The molecule has 3 amide bonds. The zero-order valence-corrected chi connectivity index (χ0v) is 16.5. The van der Waals surface area contributed by atoms with E-state index in [-0.39, 0.29) is 30.1 Å². The van der Waals surface area contributed by atoms with E-state index in [1.165, 1.54) is 7.11 Å². The number of likely N-dealkylation sites (tertiary alicyclic amines) is 1. The van der Waals surface area contributed by atoms with E-state index in [2.05, 4.69) is 0 Å². The first kappa shape index (κ1) is 20.3. The largest absolute Gasteiger partial charge is 0.469 e. The Morgan fingerprint density at radius 2 is 1.58 bits per heavy atom. The van der Waals surface area contributed by atoms with Gasteiger partial charge in [-0.1, -0.05) is 0 Å². The van der Waals surface area contributed by atoms with Gasteiger partial charge in [0, 0.05) is 38.8 Å². The van der Waals surface area contributed by atoms with Crippen molar-refractivity contribution in [3.8, 4) is 0 Å². The lowest BCUT2D eigenvalue weighted by Gasteiger charge is -2.43. The SMILES string of the molecule is COC(=O)C1CCN(C(=O)N2CCN(C(=O)OC(C)(C)C)C[C@H]2C)CC1. The van der Waals surface area contributed by atoms with Crippen LogP contribution in [-0.2, 0) is 14.3 Å². The standard InChI is InChI=1S/C18H31N3O5/c1-13-12-20(17(24)26-18(2,3)4)10-11-21(13)16(23)19-8-6-14(7-9-19)15(22)25-5/h13-14H,6-12H2,1-5H3/t13-/m1/s1. The van der Waals surface area contributed by atoms with Crippen LogP contribution in [0.3, 0.4) is 0 Å². The Labute approximate surface area is 155 Å². The van der Waals surface area contributed by atoms with Crippen molar-refractivity contribution in [2.75, 3.05) is 39.8 Å². The summed E-state index contributed by atoms with van der Waals surface area (Å²) < 4.78 is 10.2. The van der Waals surface area contributed by atoms with Crippen molar-refractivity contribution in [1.29, 1.82) is 0 Å². The quantitative estimate of drug-likeness (QED) is 0.660. The third-order valence-electron chi connectivity index (χ3n) is 4.82. The molecule has 2 aliphatic rings. The zero-order chi connectivity index (χ0) is 19.5. The van der Waals surface area contributed by atoms with E-state index in [1.807, 2.05) is 27.7 Å². The number of urea groups is 1. The molecule has 0 aliphatic carbocycles. The molecule has 26 heavy (non-hydrogen) atoms. The molecular formula is C18H31N3O5. The number of rotatable bonds is 1. The van der Waals surface area contributed by atoms with E-state index in [4.69, 9.17) is 9.47 Å². The van der Waals surface area contributed by atoms with Crippen molar-refractivity contribution in [3.63, 3.8) is 0 Å². The van der Waals surface area contributed by atoms with Crippen LogP contribution in [0.1, 0.15) is 40.5 Å². The smallest absolute Gasteiger partial charge is 0.410 e. The van der Waals surface area contributed by atoms with Crippen LogP contribution in [0.25, 0.3) is 0 Å². The summed E-state index contributed by atoms with van der Waals surface area (Å²) in [4.78, 5) is 41.9. The number of esters is 1. The van der Waals surface area contributed by atoms with E-state index in [0.717, 1.165) is 0 Å². The number of hydrogen-bond donors (Lipinski definition) is 0. The average molecular weight is 369 g/mol. The van der Waals surface area contributed by atoms with Crippen molar-refractivity contribution < 1.29 is 23.9 Å². The highest BCUT2D eigenvalue weighted by Gasteiger charge is 2.35. The molecular weight excluding hydrogens is 338 g/mol. The van der Waals surface area contributed by atoms with Crippen LogP contribution in [-0.4, -0.2) is 84.3 Å². The maximum Gasteiger partial charge on any atom is 0.410 e. The molecule has 0 bridgehead atoms. The number of hydrogen-bond acceptors (Lipinski definition) is 5. The summed E-state index contributed by atoms with van der Waals surface area (Å²) in [5, 5.41) is 0. The van der Waals surface area contributed by atoms with Crippen LogP contribution >= 0.6 is 0 Å². The predicted octanol–water partition coefficient (Wildman–Crippen LogP) is 1.93. The molecule has 0 saturated carbocycles. The summed E-state index contributed by atoms with van der Waals surface area (Å²) in [7, 11) is 1.39. The van der Waals surface area contributed by atoms with Crippen molar-refractivity contribution in [3.05, 3.63) is 0 Å². The van der Waals surface area contributed by atoms with Gasteiger partial charge < -0.3 is 24.2 Å². The molecule has 2 rings (SSSR count). The maximum absolute atomic E-state index is 12.8. The molecule has 0 aromatic heterocycles. The summed E-state index contributed by atoms with van der Waals surface area (Å²) >= 11 is 0. The second-order valence-corrected chi connectivity index (χ2v) is 8.04. The number of carbonyl (C=O) groups is 3. The minimum absolute atomic E-state index is 0.0235. The van der Waals surface area contributed by atoms with Gasteiger partial charge in [0.25, 0.3) is 0 Å². The van der Waals surface area contributed by atoms with Gasteiger partial charge in [-0.3, -0.25) is 4.79 Å². The first-order chi connectivity index (χ1) is 12.1. The second-order valence-electron chi connectivity index (χ2n) is 8.04. The van der Waals surface area contributed by atoms with Gasteiger partial charge in [-0.25, -0.2) is 9.59 Å². The van der Waals surface area contributed by atoms with Crippen molar-refractivity contribution in [2.45, 2.75) is 52.2 Å². The number of piperidine rings is 1. The Hall–Kier alpha value is -1.99. The predicted molar refractivity (Wildman–Crippen MR) is 95.7 cm³/mol. The van der Waals surface area contributed by atoms with Crippen LogP contribution in [0.15, 0.2) is 0 Å². The molecule has 0 spiro atoms. The molecule has 2 heterocycles. The lowest BCUT2D eigenvalue weighted by molar-refractivity contribution is -0.146. The first-order valence-electron chi connectivity index (χ1n) is 9.23. The molecule has 148 valence electrons. The molecule has 0 aromatic rings. The van der Waals surface area contributed by atoms with Gasteiger partial charge in [-0.15, -0.1) is 0 Å². The number of nitrogens with zero attached hydrogens (tertiary/aromatic N) is 3. The number of piperazine rings is 1. The fourth-order valence-corrected chi connectivity index (χ4v) is 3.39. The van der Waals surface area contributed by atoms with Crippen LogP contribution < -0.4 is 0 Å². The minimum atomic E-state index is -0.531. The first-order valence-corrected chi connectivity index (χ1v) is 9.23. The number of methoxy groups -OCH3 is 1. The van der Waals surface area contributed by atoms with E-state index in [9.17, 15) is 14.4 Å². The van der Waals surface area contributed by atoms with E-state index < -0.39 is 5.60 Å². The monoisotopic (exact) mass is 369 g/mol. The van der Waals surface area contributed by atoms with Gasteiger partial charge in [0.05, 0.1) is 13.0 Å². The highest BCUT2D eigenvalue weighted by atomic mass is 16.6. The summed E-state index contributed by atoms with van der Waals surface area (Å²) in [5.41, 5.74) is -0.531. The highest BCUT2D eigenvalue weighted by Crippen LogP contribution is 2.22. The summed E-state index contributed by atoms with van der Waals surface area (Å²) in [6.45, 7) is 9.97. The van der Waals surface area contributed by atoms with Gasteiger partial charge in [-0.05, 0) is 40.5 Å². The van der Waals surface area contributed by atoms with Crippen molar-refractivity contribution in [1.82, 2.24) is 14.7 Å². The summed E-state index contributed by atoms with van der Waals surface area (Å²) in [6, 6.07) is -0.105. The van der Waals surface area contributed by atoms with Crippen molar-refractivity contribution >= 4 is 18.1 Å². The number of amides is 3. The fraction of sp³-hybridized carbons (Fsp3) is 0.833. The zero-order valence-electron chi connectivity index (χ0n) is 16.5. The van der Waals surface area contributed by atoms with Crippen LogP contribution in [0.2, 0.25) is 0 Å². The molecule has 0 aromatic carbocycles. The molecule has 8 heteroatoms. The molecule has 2 fully saturated rings. The van der Waals surface area contributed by atoms with Gasteiger partial charge in [-0.2, -0.15) is 0 Å². The lowest BCUT2D eigenvalue weighted by atomic mass is 9.97. The van der Waals surface area contributed by atoms with E-state index in [0.29, 0.717) is 45.6 Å². The lowest BCUT2D eigenvalue weighted by Crippen LogP contribution is -2.59. The average Bonchev–Trinajstić information content (AvgIpc) is 2.59. The molecule has 0 unspecified atom stereocenters. The van der Waals surface area contributed by atoms with Crippen molar-refractivity contribution in [2.24, 2.45) is 5.92 Å². The Bertz CT molecular complexity index is 537. The Morgan fingerprint density at radius 1 is 0.962 bits per heavy atom. The Morgan fingerprint density at radius 3 is 2.08 bits per heavy atom. The van der Waals surface area contributed by atoms with Gasteiger partial charge in [0.2, 0.25) is 0 Å². The molecule has 0 N–H and O–H groups in total. The number of carbonyl (C=O) groups excluding carboxylic acids is 3. The van der Waals surface area contributed by atoms with E-state index in [1.54, 1.807) is 14.7 Å². The second kappa shape index (κ2) is 8.14. The maximum atomic E-state index is 12.8. The minimum Gasteiger partial charge on any atom is -0.469 e. The fourth-order valence-electron chi connectivity index (χ4n) is 3.39. The summed E-state index contributed by atoms with van der Waals surface area (Å²) in [5.74, 6) is -0.318. The molecule has 2 aliphatic heterocycles. The third kappa shape index (κ3) is 5.02. The van der Waals surface area contributed by atoms with E-state index >= 15 is 0 Å². The Kier molecular flexibility index (Phi) is 6.36. The normalized spacial score (nSPS) is 22.2. The third-order valence-corrected chi connectivity index (χ3v) is 4.82. The molecule has 2 saturated heterocycles. The van der Waals surface area contributed by atoms with Gasteiger partial charge in [0.15, 0.2) is 0 Å². The van der Waals surface area contributed by atoms with Crippen LogP contribution in [0.4, 0.5) is 9.59 Å². The van der Waals surface area contributed by atoms with Crippen LogP contribution in [0.5, 0.6) is 0 Å². The Balaban J connectivity index is 1.86. The highest BCUT2D eigenvalue weighted by molar-refractivity contribution is 5.77.